The molecular weight excluding hydrogens is 351 g/mol. The van der Waals surface area contributed by atoms with Gasteiger partial charge in [-0.3, -0.25) is 20.4 Å². The number of nitrogens with one attached hydrogen (secondary N) is 2. The van der Waals surface area contributed by atoms with Crippen molar-refractivity contribution in [3.63, 3.8) is 0 Å². The average Bonchev–Trinajstić information content (AvgIpc) is 3.31. The fraction of sp³-hybridized carbons (Fsp3) is 0.400. The van der Waals surface area contributed by atoms with E-state index in [4.69, 9.17) is 0 Å². The molecule has 4 rings (SSSR count). The Bertz CT molecular complexity index is 863. The third kappa shape index (κ3) is 3.38. The number of fused-ring (bicyclic) bond motifs is 1. The number of amides is 2. The van der Waals surface area contributed by atoms with E-state index in [0.29, 0.717) is 22.8 Å². The Morgan fingerprint density at radius 3 is 2.85 bits per heavy atom. The van der Waals surface area contributed by atoms with Crippen LogP contribution in [0.5, 0.6) is 0 Å². The predicted octanol–water partition coefficient (Wildman–Crippen LogP) is 3.58. The molecule has 0 bridgehead atoms. The van der Waals surface area contributed by atoms with Crippen molar-refractivity contribution in [2.75, 3.05) is 0 Å². The smallest absolute Gasteiger partial charge is 0.273 e. The van der Waals surface area contributed by atoms with Crippen molar-refractivity contribution in [1.29, 1.82) is 0 Å². The molecular formula is C20H21FN2O2S. The van der Waals surface area contributed by atoms with Crippen molar-refractivity contribution in [3.8, 4) is 0 Å². The van der Waals surface area contributed by atoms with Gasteiger partial charge in [0.1, 0.15) is 5.82 Å². The molecule has 2 aliphatic rings. The molecule has 0 aliphatic heterocycles. The Labute approximate surface area is 155 Å². The van der Waals surface area contributed by atoms with Crippen molar-refractivity contribution in [2.45, 2.75) is 38.5 Å². The lowest BCUT2D eigenvalue weighted by Crippen LogP contribution is -2.42. The number of rotatable bonds is 3. The first-order chi connectivity index (χ1) is 12.5. The van der Waals surface area contributed by atoms with Gasteiger partial charge in [-0.1, -0.05) is 25.1 Å². The highest BCUT2D eigenvalue weighted by atomic mass is 32.1. The van der Waals surface area contributed by atoms with Gasteiger partial charge in [0.25, 0.3) is 5.91 Å². The van der Waals surface area contributed by atoms with Gasteiger partial charge in [0.2, 0.25) is 5.91 Å². The Kier molecular flexibility index (Phi) is 4.53. The maximum absolute atomic E-state index is 13.8. The van der Waals surface area contributed by atoms with E-state index in [-0.39, 0.29) is 29.5 Å². The quantitative estimate of drug-likeness (QED) is 0.809. The maximum Gasteiger partial charge on any atom is 0.279 e. The summed E-state index contributed by atoms with van der Waals surface area (Å²) in [7, 11) is 0. The molecule has 136 valence electrons. The molecule has 0 saturated heterocycles. The number of halogens is 1. The summed E-state index contributed by atoms with van der Waals surface area (Å²) in [6.07, 6.45) is 3.79. The molecule has 6 heteroatoms. The van der Waals surface area contributed by atoms with Crippen LogP contribution in [0.4, 0.5) is 4.39 Å². The fourth-order valence-electron chi connectivity index (χ4n) is 3.69. The molecule has 1 aromatic carbocycles. The molecule has 1 saturated carbocycles. The lowest BCUT2D eigenvalue weighted by Gasteiger charge is -2.16. The van der Waals surface area contributed by atoms with Crippen molar-refractivity contribution in [2.24, 2.45) is 11.8 Å². The van der Waals surface area contributed by atoms with E-state index in [2.05, 4.69) is 17.8 Å². The van der Waals surface area contributed by atoms with E-state index in [9.17, 15) is 14.0 Å². The summed E-state index contributed by atoms with van der Waals surface area (Å²) in [6, 6.07) is 8.47. The van der Waals surface area contributed by atoms with Crippen LogP contribution < -0.4 is 10.9 Å². The highest BCUT2D eigenvalue weighted by molar-refractivity contribution is 7.14. The van der Waals surface area contributed by atoms with E-state index in [1.807, 2.05) is 6.07 Å². The van der Waals surface area contributed by atoms with Gasteiger partial charge < -0.3 is 0 Å². The largest absolute Gasteiger partial charge is 0.279 e. The maximum atomic E-state index is 13.8. The van der Waals surface area contributed by atoms with Crippen molar-refractivity contribution >= 4 is 23.2 Å². The van der Waals surface area contributed by atoms with Gasteiger partial charge in [0.05, 0.1) is 4.88 Å². The van der Waals surface area contributed by atoms with Crippen molar-refractivity contribution in [1.82, 2.24) is 10.9 Å². The third-order valence-corrected chi connectivity index (χ3v) is 6.52. The normalized spacial score (nSPS) is 23.8. The second kappa shape index (κ2) is 6.83. The molecule has 2 aliphatic carbocycles. The minimum atomic E-state index is -0.287. The Hall–Kier alpha value is -2.21. The molecule has 3 unspecified atom stereocenters. The van der Waals surface area contributed by atoms with Gasteiger partial charge in [-0.05, 0) is 60.8 Å². The minimum absolute atomic E-state index is 0.108. The van der Waals surface area contributed by atoms with E-state index in [0.717, 1.165) is 19.3 Å². The van der Waals surface area contributed by atoms with E-state index >= 15 is 0 Å². The SMILES string of the molecule is CC1CCc2sc(C(=O)NNC(=O)C3CC3c3ccccc3F)cc2C1. The number of aryl methyl sites for hydroxylation is 1. The highest BCUT2D eigenvalue weighted by Gasteiger charge is 2.45. The zero-order valence-corrected chi connectivity index (χ0v) is 15.4. The van der Waals surface area contributed by atoms with E-state index in [1.165, 1.54) is 27.8 Å². The summed E-state index contributed by atoms with van der Waals surface area (Å²) in [4.78, 5) is 26.5. The number of carbonyl (C=O) groups excluding carboxylic acids is 2. The van der Waals surface area contributed by atoms with Gasteiger partial charge in [0.15, 0.2) is 0 Å². The van der Waals surface area contributed by atoms with Crippen LogP contribution in [-0.4, -0.2) is 11.8 Å². The van der Waals surface area contributed by atoms with Gasteiger partial charge >= 0.3 is 0 Å². The highest BCUT2D eigenvalue weighted by Crippen LogP contribution is 2.48. The molecule has 1 heterocycles. The molecule has 2 N–H and O–H groups in total. The second-order valence-corrected chi connectivity index (χ2v) is 8.46. The number of hydrogen-bond donors (Lipinski definition) is 2. The number of hydrogen-bond acceptors (Lipinski definition) is 3. The summed E-state index contributed by atoms with van der Waals surface area (Å²) in [6.45, 7) is 2.22. The van der Waals surface area contributed by atoms with E-state index < -0.39 is 0 Å². The zero-order chi connectivity index (χ0) is 18.3. The molecule has 4 nitrogen and oxygen atoms in total. The Morgan fingerprint density at radius 1 is 1.23 bits per heavy atom. The fourth-order valence-corrected chi connectivity index (χ4v) is 4.80. The van der Waals surface area contributed by atoms with Crippen molar-refractivity contribution < 1.29 is 14.0 Å². The second-order valence-electron chi connectivity index (χ2n) is 7.32. The van der Waals surface area contributed by atoms with Gasteiger partial charge in [0, 0.05) is 10.8 Å². The predicted molar refractivity (Wildman–Crippen MR) is 98.4 cm³/mol. The third-order valence-electron chi connectivity index (χ3n) is 5.28. The topological polar surface area (TPSA) is 58.2 Å². The standard InChI is InChI=1S/C20H21FN2O2S/c1-11-6-7-17-12(8-11)9-18(26-17)20(25)23-22-19(24)15-10-14(15)13-4-2-3-5-16(13)21/h2-5,9,11,14-15H,6-8,10H2,1H3,(H,22,24)(H,23,25). The molecule has 3 atom stereocenters. The van der Waals surface area contributed by atoms with Gasteiger partial charge in [-0.2, -0.15) is 0 Å². The van der Waals surface area contributed by atoms with E-state index in [1.54, 1.807) is 18.2 Å². The number of thiophene rings is 1. The Balaban J connectivity index is 1.33. The summed E-state index contributed by atoms with van der Waals surface area (Å²) < 4.78 is 13.8. The first-order valence-electron chi connectivity index (χ1n) is 8.99. The number of benzene rings is 1. The van der Waals surface area contributed by atoms with Crippen molar-refractivity contribution in [3.05, 3.63) is 57.0 Å². The van der Waals surface area contributed by atoms with Crippen LogP contribution in [0.15, 0.2) is 30.3 Å². The monoisotopic (exact) mass is 372 g/mol. The van der Waals surface area contributed by atoms with Crippen LogP contribution in [0.3, 0.4) is 0 Å². The molecule has 0 radical (unpaired) electrons. The van der Waals surface area contributed by atoms with Gasteiger partial charge in [-0.15, -0.1) is 11.3 Å². The lowest BCUT2D eigenvalue weighted by molar-refractivity contribution is -0.123. The molecule has 1 fully saturated rings. The molecule has 2 aromatic rings. The molecule has 26 heavy (non-hydrogen) atoms. The summed E-state index contributed by atoms with van der Waals surface area (Å²) >= 11 is 1.51. The summed E-state index contributed by atoms with van der Waals surface area (Å²) in [5.41, 5.74) is 6.83. The van der Waals surface area contributed by atoms with Crippen LogP contribution in [0.1, 0.15) is 51.4 Å². The lowest BCUT2D eigenvalue weighted by atomic mass is 9.90. The molecule has 1 aromatic heterocycles. The van der Waals surface area contributed by atoms with Crippen LogP contribution in [0, 0.1) is 17.7 Å². The minimum Gasteiger partial charge on any atom is -0.273 e. The van der Waals surface area contributed by atoms with Crippen LogP contribution in [0.2, 0.25) is 0 Å². The zero-order valence-electron chi connectivity index (χ0n) is 14.5. The molecule has 2 amide bonds. The Morgan fingerprint density at radius 2 is 2.04 bits per heavy atom. The van der Waals surface area contributed by atoms with Gasteiger partial charge in [-0.25, -0.2) is 4.39 Å². The number of carbonyl (C=O) groups is 2. The summed E-state index contributed by atoms with van der Waals surface area (Å²) in [5, 5.41) is 0. The van der Waals surface area contributed by atoms with Crippen LogP contribution in [0.25, 0.3) is 0 Å². The van der Waals surface area contributed by atoms with Crippen LogP contribution >= 0.6 is 11.3 Å². The first-order valence-corrected chi connectivity index (χ1v) is 9.80. The van der Waals surface area contributed by atoms with Crippen LogP contribution in [-0.2, 0) is 17.6 Å². The molecule has 0 spiro atoms. The first kappa shape index (κ1) is 17.2. The average molecular weight is 372 g/mol. The summed E-state index contributed by atoms with van der Waals surface area (Å²) in [5.74, 6) is -0.573. The number of hydrazine groups is 1.